The third-order valence-electron chi connectivity index (χ3n) is 5.16. The van der Waals surface area contributed by atoms with Crippen LogP contribution < -0.4 is 0 Å². The molecule has 120 valence electrons. The summed E-state index contributed by atoms with van der Waals surface area (Å²) in [5.74, 6) is 1.53. The lowest BCUT2D eigenvalue weighted by atomic mass is 9.96. The maximum absolute atomic E-state index is 12.9. The molecule has 4 nitrogen and oxygen atoms in total. The molecule has 1 aliphatic carbocycles. The summed E-state index contributed by atoms with van der Waals surface area (Å²) < 4.78 is 0. The van der Waals surface area contributed by atoms with Crippen LogP contribution in [0.3, 0.4) is 0 Å². The van der Waals surface area contributed by atoms with Gasteiger partial charge in [0.15, 0.2) is 0 Å². The molecule has 1 N–H and O–H groups in total. The quantitative estimate of drug-likeness (QED) is 0.926. The van der Waals surface area contributed by atoms with Crippen LogP contribution >= 0.6 is 0 Å². The molecule has 1 aromatic heterocycles. The first-order valence-corrected chi connectivity index (χ1v) is 8.63. The summed E-state index contributed by atoms with van der Waals surface area (Å²) in [4.78, 5) is 22.7. The fourth-order valence-corrected chi connectivity index (χ4v) is 3.91. The molecule has 1 aromatic carbocycles. The molecule has 0 bridgehead atoms. The predicted molar refractivity (Wildman–Crippen MR) is 89.7 cm³/mol. The minimum absolute atomic E-state index is 0.174. The Labute approximate surface area is 136 Å². The van der Waals surface area contributed by atoms with Crippen molar-refractivity contribution in [3.05, 3.63) is 52.6 Å². The van der Waals surface area contributed by atoms with Gasteiger partial charge < -0.3 is 9.88 Å². The van der Waals surface area contributed by atoms with Crippen molar-refractivity contribution in [1.82, 2.24) is 14.9 Å². The number of carbonyl (C=O) groups is 1. The molecule has 0 unspecified atom stereocenters. The highest BCUT2D eigenvalue weighted by molar-refractivity contribution is 5.94. The van der Waals surface area contributed by atoms with Crippen LogP contribution in [0.5, 0.6) is 0 Å². The molecule has 0 saturated carbocycles. The summed E-state index contributed by atoms with van der Waals surface area (Å²) in [6, 6.07) is 6.27. The zero-order valence-electron chi connectivity index (χ0n) is 13.6. The van der Waals surface area contributed by atoms with Crippen molar-refractivity contribution in [3.63, 3.8) is 0 Å². The maximum atomic E-state index is 12.9. The van der Waals surface area contributed by atoms with Crippen LogP contribution in [-0.2, 0) is 12.8 Å². The number of fused-ring (bicyclic) bond motifs is 1. The summed E-state index contributed by atoms with van der Waals surface area (Å²) in [5, 5.41) is 0. The smallest absolute Gasteiger partial charge is 0.253 e. The van der Waals surface area contributed by atoms with Crippen molar-refractivity contribution < 1.29 is 4.79 Å². The van der Waals surface area contributed by atoms with E-state index in [1.165, 1.54) is 17.5 Å². The second-order valence-corrected chi connectivity index (χ2v) is 6.88. The molecule has 1 fully saturated rings. The van der Waals surface area contributed by atoms with E-state index in [-0.39, 0.29) is 5.91 Å². The van der Waals surface area contributed by atoms with Crippen LogP contribution in [0.4, 0.5) is 0 Å². The number of amides is 1. The first-order valence-electron chi connectivity index (χ1n) is 8.63. The summed E-state index contributed by atoms with van der Waals surface area (Å²) in [5.41, 5.74) is 4.72. The number of H-pyrrole nitrogens is 1. The SMILES string of the molecule is Cc1cnc([C@@H]2CCCN(C(=O)c3ccc4c(c3)CCC4)C2)[nH]1. The second kappa shape index (κ2) is 5.84. The Morgan fingerprint density at radius 1 is 1.26 bits per heavy atom. The number of hydrogen-bond donors (Lipinski definition) is 1. The van der Waals surface area contributed by atoms with Gasteiger partial charge in [0.25, 0.3) is 5.91 Å². The van der Waals surface area contributed by atoms with Crippen LogP contribution in [0.2, 0.25) is 0 Å². The number of aryl methyl sites for hydroxylation is 3. The van der Waals surface area contributed by atoms with Gasteiger partial charge in [0, 0.05) is 36.5 Å². The Kier molecular flexibility index (Phi) is 3.68. The number of nitrogens with one attached hydrogen (secondary N) is 1. The van der Waals surface area contributed by atoms with Crippen molar-refractivity contribution >= 4 is 5.91 Å². The van der Waals surface area contributed by atoms with Gasteiger partial charge in [0.05, 0.1) is 0 Å². The molecule has 1 saturated heterocycles. The molecule has 4 rings (SSSR count). The van der Waals surface area contributed by atoms with E-state index < -0.39 is 0 Å². The topological polar surface area (TPSA) is 49.0 Å². The van der Waals surface area contributed by atoms with Crippen LogP contribution in [0, 0.1) is 6.92 Å². The lowest BCUT2D eigenvalue weighted by Gasteiger charge is -2.32. The van der Waals surface area contributed by atoms with E-state index in [0.717, 1.165) is 55.9 Å². The number of nitrogens with zero attached hydrogens (tertiary/aromatic N) is 2. The van der Waals surface area contributed by atoms with E-state index in [2.05, 4.69) is 22.1 Å². The fourth-order valence-electron chi connectivity index (χ4n) is 3.91. The molecule has 0 spiro atoms. The molecule has 1 atom stereocenters. The zero-order chi connectivity index (χ0) is 15.8. The van der Waals surface area contributed by atoms with Gasteiger partial charge in [-0.05, 0) is 62.3 Å². The number of likely N-dealkylation sites (tertiary alicyclic amines) is 1. The molecule has 0 radical (unpaired) electrons. The number of benzene rings is 1. The Bertz CT molecular complexity index is 734. The van der Waals surface area contributed by atoms with E-state index in [4.69, 9.17) is 0 Å². The Balaban J connectivity index is 1.51. The largest absolute Gasteiger partial charge is 0.346 e. The predicted octanol–water partition coefficient (Wildman–Crippen LogP) is 3.23. The van der Waals surface area contributed by atoms with Gasteiger partial charge >= 0.3 is 0 Å². The Morgan fingerprint density at radius 3 is 2.96 bits per heavy atom. The van der Waals surface area contributed by atoms with Crippen LogP contribution in [0.1, 0.15) is 58.2 Å². The summed E-state index contributed by atoms with van der Waals surface area (Å²) >= 11 is 0. The van der Waals surface area contributed by atoms with Crippen molar-refractivity contribution in [3.8, 4) is 0 Å². The minimum Gasteiger partial charge on any atom is -0.346 e. The molecule has 23 heavy (non-hydrogen) atoms. The standard InChI is InChI=1S/C19H23N3O/c1-13-11-20-18(21-13)17-6-3-9-22(12-17)19(23)16-8-7-14-4-2-5-15(14)10-16/h7-8,10-11,17H,2-6,9,12H2,1H3,(H,20,21)/t17-/m1/s1. The summed E-state index contributed by atoms with van der Waals surface area (Å²) in [6.45, 7) is 3.64. The van der Waals surface area contributed by atoms with Gasteiger partial charge in [-0.15, -0.1) is 0 Å². The number of rotatable bonds is 2. The van der Waals surface area contributed by atoms with Crippen LogP contribution in [0.25, 0.3) is 0 Å². The highest BCUT2D eigenvalue weighted by Gasteiger charge is 2.27. The van der Waals surface area contributed by atoms with Gasteiger partial charge in [-0.3, -0.25) is 4.79 Å². The van der Waals surface area contributed by atoms with E-state index in [0.29, 0.717) is 5.92 Å². The Morgan fingerprint density at radius 2 is 2.13 bits per heavy atom. The molecule has 2 aromatic rings. The van der Waals surface area contributed by atoms with E-state index in [1.54, 1.807) is 0 Å². The van der Waals surface area contributed by atoms with Crippen LogP contribution in [0.15, 0.2) is 24.4 Å². The lowest BCUT2D eigenvalue weighted by molar-refractivity contribution is 0.0704. The molecular weight excluding hydrogens is 286 g/mol. The van der Waals surface area contributed by atoms with E-state index in [9.17, 15) is 4.79 Å². The molecule has 1 aliphatic heterocycles. The maximum Gasteiger partial charge on any atom is 0.253 e. The van der Waals surface area contributed by atoms with Gasteiger partial charge in [0.1, 0.15) is 5.82 Å². The zero-order valence-corrected chi connectivity index (χ0v) is 13.6. The van der Waals surface area contributed by atoms with E-state index in [1.807, 2.05) is 24.1 Å². The third kappa shape index (κ3) is 2.78. The third-order valence-corrected chi connectivity index (χ3v) is 5.16. The second-order valence-electron chi connectivity index (χ2n) is 6.88. The number of piperidine rings is 1. The minimum atomic E-state index is 0.174. The number of hydrogen-bond acceptors (Lipinski definition) is 2. The highest BCUT2D eigenvalue weighted by Crippen LogP contribution is 2.27. The molecule has 4 heteroatoms. The number of carbonyl (C=O) groups excluding carboxylic acids is 1. The number of aromatic nitrogens is 2. The fraction of sp³-hybridized carbons (Fsp3) is 0.474. The van der Waals surface area contributed by atoms with Crippen molar-refractivity contribution in [2.75, 3.05) is 13.1 Å². The summed E-state index contributed by atoms with van der Waals surface area (Å²) in [7, 11) is 0. The summed E-state index contributed by atoms with van der Waals surface area (Å²) in [6.07, 6.45) is 7.51. The molecule has 2 heterocycles. The van der Waals surface area contributed by atoms with Gasteiger partial charge in [-0.2, -0.15) is 0 Å². The van der Waals surface area contributed by atoms with Gasteiger partial charge in [-0.25, -0.2) is 4.98 Å². The van der Waals surface area contributed by atoms with Crippen molar-refractivity contribution in [2.45, 2.75) is 44.9 Å². The van der Waals surface area contributed by atoms with E-state index >= 15 is 0 Å². The normalized spacial score (nSPS) is 20.6. The Hall–Kier alpha value is -2.10. The first-order chi connectivity index (χ1) is 11.2. The lowest BCUT2D eigenvalue weighted by Crippen LogP contribution is -2.39. The van der Waals surface area contributed by atoms with Gasteiger partial charge in [0.2, 0.25) is 0 Å². The monoisotopic (exact) mass is 309 g/mol. The first kappa shape index (κ1) is 14.5. The molecular formula is C19H23N3O. The van der Waals surface area contributed by atoms with Crippen LogP contribution in [-0.4, -0.2) is 33.9 Å². The number of imidazole rings is 1. The molecule has 1 amide bonds. The van der Waals surface area contributed by atoms with Gasteiger partial charge in [-0.1, -0.05) is 6.07 Å². The average Bonchev–Trinajstić information content (AvgIpc) is 3.22. The molecule has 2 aliphatic rings. The van der Waals surface area contributed by atoms with Crippen molar-refractivity contribution in [2.24, 2.45) is 0 Å². The van der Waals surface area contributed by atoms with Crippen molar-refractivity contribution in [1.29, 1.82) is 0 Å². The average molecular weight is 309 g/mol. The highest BCUT2D eigenvalue weighted by atomic mass is 16.2. The number of aromatic amines is 1.